The van der Waals surface area contributed by atoms with Gasteiger partial charge in [0.25, 0.3) is 5.91 Å². The van der Waals surface area contributed by atoms with Crippen molar-refractivity contribution >= 4 is 39.1 Å². The van der Waals surface area contributed by atoms with Crippen molar-refractivity contribution < 1.29 is 14.3 Å². The molecular weight excluding hydrogens is 486 g/mol. The lowest BCUT2D eigenvalue weighted by Crippen LogP contribution is -2.33. The first kappa shape index (κ1) is 23.8. The van der Waals surface area contributed by atoms with Crippen LogP contribution >= 0.6 is 22.9 Å². The van der Waals surface area contributed by atoms with Crippen LogP contribution in [0, 0.1) is 0 Å². The number of hydrogen-bond donors (Lipinski definition) is 2. The molecule has 0 aliphatic carbocycles. The summed E-state index contributed by atoms with van der Waals surface area (Å²) in [6.45, 7) is 1.80. The summed E-state index contributed by atoms with van der Waals surface area (Å²) in [5.41, 5.74) is 0.740. The standard InChI is InChI=1S/C26H26ClN3O4S/c1-29-15-20(25(33)28-13-16-6-8-17(27)9-7-16)23(31)19-12-18(35-26(19)29)14-30-10-2-4-21(30)24(32)22-5-3-11-34-22/h3,5-9,11-12,15,21,24,32H,2,4,10,13-14H2,1H3,(H,28,33)/t21?,24-/m1/s1. The van der Waals surface area contributed by atoms with Gasteiger partial charge in [0.05, 0.1) is 11.6 Å². The van der Waals surface area contributed by atoms with Gasteiger partial charge in [-0.05, 0) is 55.3 Å². The average molecular weight is 512 g/mol. The number of aryl methyl sites for hydroxylation is 1. The fraction of sp³-hybridized carbons (Fsp3) is 0.308. The van der Waals surface area contributed by atoms with Crippen molar-refractivity contribution in [3.8, 4) is 0 Å². The Morgan fingerprint density at radius 1 is 1.31 bits per heavy atom. The molecule has 0 bridgehead atoms. The molecule has 4 heterocycles. The maximum absolute atomic E-state index is 13.2. The number of pyridine rings is 1. The fourth-order valence-corrected chi connectivity index (χ4v) is 5.93. The maximum Gasteiger partial charge on any atom is 0.257 e. The lowest BCUT2D eigenvalue weighted by atomic mass is 10.1. The molecule has 5 rings (SSSR count). The van der Waals surface area contributed by atoms with Crippen LogP contribution in [0.4, 0.5) is 0 Å². The zero-order valence-electron chi connectivity index (χ0n) is 19.2. The van der Waals surface area contributed by atoms with Crippen molar-refractivity contribution in [3.63, 3.8) is 0 Å². The van der Waals surface area contributed by atoms with Crippen molar-refractivity contribution in [2.75, 3.05) is 6.54 Å². The van der Waals surface area contributed by atoms with Crippen LogP contribution in [-0.4, -0.2) is 33.1 Å². The summed E-state index contributed by atoms with van der Waals surface area (Å²) in [6, 6.07) is 12.6. The van der Waals surface area contributed by atoms with E-state index in [2.05, 4.69) is 10.2 Å². The highest BCUT2D eigenvalue weighted by Crippen LogP contribution is 2.33. The van der Waals surface area contributed by atoms with Crippen molar-refractivity contribution in [1.29, 1.82) is 0 Å². The number of nitrogens with one attached hydrogen (secondary N) is 1. The van der Waals surface area contributed by atoms with Gasteiger partial charge in [-0.25, -0.2) is 0 Å². The number of amides is 1. The van der Waals surface area contributed by atoms with E-state index in [0.29, 0.717) is 29.3 Å². The summed E-state index contributed by atoms with van der Waals surface area (Å²) < 4.78 is 7.25. The quantitative estimate of drug-likeness (QED) is 0.382. The van der Waals surface area contributed by atoms with Gasteiger partial charge in [0.1, 0.15) is 22.3 Å². The zero-order valence-corrected chi connectivity index (χ0v) is 20.8. The maximum atomic E-state index is 13.2. The number of aliphatic hydroxyl groups excluding tert-OH is 1. The van der Waals surface area contributed by atoms with Gasteiger partial charge in [0.2, 0.25) is 5.43 Å². The third-order valence-corrected chi connectivity index (χ3v) is 7.94. The minimum absolute atomic E-state index is 0.0407. The van der Waals surface area contributed by atoms with Crippen molar-refractivity contribution in [3.05, 3.63) is 91.9 Å². The lowest BCUT2D eigenvalue weighted by Gasteiger charge is -2.27. The van der Waals surface area contributed by atoms with Crippen LogP contribution in [-0.2, 0) is 20.1 Å². The summed E-state index contributed by atoms with van der Waals surface area (Å²) in [5.74, 6) is 0.164. The first-order chi connectivity index (χ1) is 16.9. The van der Waals surface area contributed by atoms with Crippen LogP contribution in [0.3, 0.4) is 0 Å². The molecule has 0 radical (unpaired) electrons. The molecule has 1 saturated heterocycles. The van der Waals surface area contributed by atoms with Gasteiger partial charge in [-0.2, -0.15) is 0 Å². The second-order valence-corrected chi connectivity index (χ2v) is 10.4. The molecule has 9 heteroatoms. The second kappa shape index (κ2) is 9.99. The van der Waals surface area contributed by atoms with E-state index in [-0.39, 0.29) is 17.0 Å². The summed E-state index contributed by atoms with van der Waals surface area (Å²) in [7, 11) is 1.84. The number of rotatable bonds is 7. The highest BCUT2D eigenvalue weighted by Gasteiger charge is 2.33. The number of benzene rings is 1. The van der Waals surface area contributed by atoms with Crippen LogP contribution < -0.4 is 10.7 Å². The molecule has 1 aromatic carbocycles. The molecule has 2 atom stereocenters. The molecule has 3 aromatic heterocycles. The van der Waals surface area contributed by atoms with Gasteiger partial charge in [0, 0.05) is 42.3 Å². The van der Waals surface area contributed by atoms with E-state index in [9.17, 15) is 14.7 Å². The number of likely N-dealkylation sites (tertiary alicyclic amines) is 1. The first-order valence-corrected chi connectivity index (χ1v) is 12.7. The number of nitrogens with zero attached hydrogens (tertiary/aromatic N) is 2. The first-order valence-electron chi connectivity index (χ1n) is 11.5. The molecule has 4 aromatic rings. The number of aliphatic hydroxyl groups is 1. The van der Waals surface area contributed by atoms with Gasteiger partial charge in [-0.1, -0.05) is 23.7 Å². The summed E-state index contributed by atoms with van der Waals surface area (Å²) in [5, 5.41) is 14.8. The Hall–Kier alpha value is -2.91. The van der Waals surface area contributed by atoms with Gasteiger partial charge in [0.15, 0.2) is 0 Å². The number of aromatic nitrogens is 1. The number of thiophene rings is 1. The Morgan fingerprint density at radius 3 is 2.86 bits per heavy atom. The Bertz CT molecular complexity index is 1390. The minimum Gasteiger partial charge on any atom is -0.467 e. The number of carbonyl (C=O) groups is 1. The topological polar surface area (TPSA) is 87.7 Å². The van der Waals surface area contributed by atoms with E-state index in [1.165, 1.54) is 0 Å². The SMILES string of the molecule is Cn1cc(C(=O)NCc2ccc(Cl)cc2)c(=O)c2cc(CN3CCCC3[C@@H](O)c3ccco3)sc21. The molecule has 1 amide bonds. The van der Waals surface area contributed by atoms with E-state index in [4.69, 9.17) is 16.0 Å². The molecule has 0 saturated carbocycles. The summed E-state index contributed by atoms with van der Waals surface area (Å²) in [6.07, 6.45) is 4.35. The molecular formula is C26H26ClN3O4S. The van der Waals surface area contributed by atoms with Crippen molar-refractivity contribution in [2.45, 2.75) is 38.1 Å². The number of halogens is 1. The Balaban J connectivity index is 1.35. The van der Waals surface area contributed by atoms with Crippen LogP contribution in [0.1, 0.15) is 45.5 Å². The third-order valence-electron chi connectivity index (χ3n) is 6.48. The monoisotopic (exact) mass is 511 g/mol. The van der Waals surface area contributed by atoms with E-state index >= 15 is 0 Å². The fourth-order valence-electron chi connectivity index (χ4n) is 4.69. The van der Waals surface area contributed by atoms with Gasteiger partial charge in [-0.15, -0.1) is 11.3 Å². The highest BCUT2D eigenvalue weighted by molar-refractivity contribution is 7.18. The number of carbonyl (C=O) groups excluding carboxylic acids is 1. The Morgan fingerprint density at radius 2 is 2.11 bits per heavy atom. The van der Waals surface area contributed by atoms with Crippen LogP contribution in [0.15, 0.2) is 64.1 Å². The molecule has 1 fully saturated rings. The van der Waals surface area contributed by atoms with E-state index in [0.717, 1.165) is 34.7 Å². The second-order valence-electron chi connectivity index (χ2n) is 8.86. The predicted molar refractivity (Wildman–Crippen MR) is 137 cm³/mol. The summed E-state index contributed by atoms with van der Waals surface area (Å²) >= 11 is 7.46. The van der Waals surface area contributed by atoms with Gasteiger partial charge in [-0.3, -0.25) is 14.5 Å². The normalized spacial score (nSPS) is 17.2. The van der Waals surface area contributed by atoms with E-state index in [1.807, 2.05) is 29.8 Å². The van der Waals surface area contributed by atoms with Crippen LogP contribution in [0.2, 0.25) is 5.02 Å². The number of furan rings is 1. The summed E-state index contributed by atoms with van der Waals surface area (Å²) in [4.78, 5) is 30.1. The van der Waals surface area contributed by atoms with Crippen LogP contribution in [0.25, 0.3) is 10.2 Å². The van der Waals surface area contributed by atoms with E-state index < -0.39 is 12.0 Å². The molecule has 1 aliphatic heterocycles. The number of hydrogen-bond acceptors (Lipinski definition) is 6. The Labute approximate surface area is 211 Å². The smallest absolute Gasteiger partial charge is 0.257 e. The molecule has 35 heavy (non-hydrogen) atoms. The van der Waals surface area contributed by atoms with Gasteiger partial charge < -0.3 is 19.4 Å². The number of fused-ring (bicyclic) bond motifs is 1. The molecule has 182 valence electrons. The van der Waals surface area contributed by atoms with Crippen molar-refractivity contribution in [2.24, 2.45) is 7.05 Å². The molecule has 1 aliphatic rings. The zero-order chi connectivity index (χ0) is 24.5. The highest BCUT2D eigenvalue weighted by atomic mass is 35.5. The molecule has 2 N–H and O–H groups in total. The molecule has 7 nitrogen and oxygen atoms in total. The molecule has 0 spiro atoms. The average Bonchev–Trinajstić information content (AvgIpc) is 3.62. The largest absolute Gasteiger partial charge is 0.467 e. The lowest BCUT2D eigenvalue weighted by molar-refractivity contribution is 0.0531. The third kappa shape index (κ3) is 4.92. The predicted octanol–water partition coefficient (Wildman–Crippen LogP) is 4.47. The Kier molecular flexibility index (Phi) is 6.80. The van der Waals surface area contributed by atoms with Crippen LogP contribution in [0.5, 0.6) is 0 Å². The van der Waals surface area contributed by atoms with Crippen molar-refractivity contribution in [1.82, 2.24) is 14.8 Å². The molecule has 1 unspecified atom stereocenters. The van der Waals surface area contributed by atoms with E-state index in [1.54, 1.807) is 48.1 Å². The minimum atomic E-state index is -0.691. The van der Waals surface area contributed by atoms with Gasteiger partial charge >= 0.3 is 0 Å².